The zero-order valence-electron chi connectivity index (χ0n) is 13.6. The van der Waals surface area contributed by atoms with Crippen molar-refractivity contribution in [3.05, 3.63) is 29.8 Å². The molecule has 5 nitrogen and oxygen atoms in total. The van der Waals surface area contributed by atoms with E-state index in [1.807, 2.05) is 21.0 Å². The number of nitrogens with zero attached hydrogens (tertiary/aromatic N) is 2. The molecule has 0 saturated carbocycles. The lowest BCUT2D eigenvalue weighted by molar-refractivity contribution is 0.145. The van der Waals surface area contributed by atoms with Crippen molar-refractivity contribution in [1.82, 2.24) is 10.6 Å². The van der Waals surface area contributed by atoms with Crippen molar-refractivity contribution in [2.75, 3.05) is 45.8 Å². The summed E-state index contributed by atoms with van der Waals surface area (Å²) in [6, 6.07) is 8.46. The van der Waals surface area contributed by atoms with Gasteiger partial charge in [-0.2, -0.15) is 0 Å². The summed E-state index contributed by atoms with van der Waals surface area (Å²) in [4.78, 5) is 6.32. The molecule has 1 rings (SSSR count). The molecule has 0 bridgehead atoms. The topological polar surface area (TPSA) is 48.9 Å². The molecule has 0 amide bonds. The van der Waals surface area contributed by atoms with Crippen molar-refractivity contribution in [2.24, 2.45) is 4.99 Å². The highest BCUT2D eigenvalue weighted by Crippen LogP contribution is 2.12. The molecular formula is C16H28N4O. The van der Waals surface area contributed by atoms with E-state index in [4.69, 9.17) is 4.74 Å². The zero-order valence-corrected chi connectivity index (χ0v) is 13.6. The van der Waals surface area contributed by atoms with Gasteiger partial charge in [0, 0.05) is 53.1 Å². The smallest absolute Gasteiger partial charge is 0.191 e. The van der Waals surface area contributed by atoms with E-state index in [0.29, 0.717) is 0 Å². The van der Waals surface area contributed by atoms with Crippen molar-refractivity contribution < 1.29 is 4.74 Å². The molecule has 0 aromatic heterocycles. The Kier molecular flexibility index (Phi) is 8.28. The van der Waals surface area contributed by atoms with Gasteiger partial charge in [0.25, 0.3) is 0 Å². The second-order valence-corrected chi connectivity index (χ2v) is 4.97. The SMILES string of the molecule is CCOCCCNC(=NC)NCc1cccc(N(C)C)c1. The normalized spacial score (nSPS) is 11.3. The van der Waals surface area contributed by atoms with Gasteiger partial charge >= 0.3 is 0 Å². The third-order valence-corrected chi connectivity index (χ3v) is 3.07. The molecule has 0 aliphatic rings. The summed E-state index contributed by atoms with van der Waals surface area (Å²) < 4.78 is 5.31. The van der Waals surface area contributed by atoms with Crippen LogP contribution < -0.4 is 15.5 Å². The summed E-state index contributed by atoms with van der Waals surface area (Å²) >= 11 is 0. The molecule has 0 radical (unpaired) electrons. The molecule has 118 valence electrons. The summed E-state index contributed by atoms with van der Waals surface area (Å²) in [6.45, 7) is 5.18. The minimum atomic E-state index is 0.757. The largest absolute Gasteiger partial charge is 0.382 e. The summed E-state index contributed by atoms with van der Waals surface area (Å²) in [5, 5.41) is 6.61. The minimum absolute atomic E-state index is 0.757. The maximum absolute atomic E-state index is 5.31. The number of hydrogen-bond donors (Lipinski definition) is 2. The van der Waals surface area contributed by atoms with Gasteiger partial charge in [0.15, 0.2) is 5.96 Å². The van der Waals surface area contributed by atoms with Gasteiger partial charge in [-0.1, -0.05) is 12.1 Å². The van der Waals surface area contributed by atoms with Gasteiger partial charge < -0.3 is 20.3 Å². The van der Waals surface area contributed by atoms with E-state index in [1.165, 1.54) is 11.3 Å². The average molecular weight is 292 g/mol. The van der Waals surface area contributed by atoms with Crippen LogP contribution in [0.4, 0.5) is 5.69 Å². The third-order valence-electron chi connectivity index (χ3n) is 3.07. The molecule has 0 spiro atoms. The Labute approximate surface area is 128 Å². The lowest BCUT2D eigenvalue weighted by atomic mass is 10.2. The highest BCUT2D eigenvalue weighted by Gasteiger charge is 2.00. The van der Waals surface area contributed by atoms with E-state index in [9.17, 15) is 0 Å². The Morgan fingerprint density at radius 3 is 2.76 bits per heavy atom. The molecule has 0 atom stereocenters. The molecule has 0 unspecified atom stereocenters. The van der Waals surface area contributed by atoms with Gasteiger partial charge in [0.05, 0.1) is 0 Å². The number of aliphatic imine (C=N–C) groups is 1. The van der Waals surface area contributed by atoms with Crippen LogP contribution in [0.1, 0.15) is 18.9 Å². The number of benzene rings is 1. The molecule has 1 aromatic carbocycles. The van der Waals surface area contributed by atoms with E-state index in [0.717, 1.165) is 38.7 Å². The van der Waals surface area contributed by atoms with Gasteiger partial charge in [-0.05, 0) is 31.0 Å². The molecule has 0 aliphatic carbocycles. The first-order chi connectivity index (χ1) is 10.2. The Bertz CT molecular complexity index is 432. The number of nitrogens with one attached hydrogen (secondary N) is 2. The molecule has 1 aromatic rings. The number of guanidine groups is 1. The number of rotatable bonds is 8. The van der Waals surface area contributed by atoms with Crippen LogP contribution in [0.25, 0.3) is 0 Å². The summed E-state index contributed by atoms with van der Waals surface area (Å²) in [5.74, 6) is 0.821. The highest BCUT2D eigenvalue weighted by atomic mass is 16.5. The number of hydrogen-bond acceptors (Lipinski definition) is 3. The minimum Gasteiger partial charge on any atom is -0.382 e. The molecule has 0 saturated heterocycles. The Morgan fingerprint density at radius 2 is 2.10 bits per heavy atom. The predicted molar refractivity (Wildman–Crippen MR) is 90.1 cm³/mol. The van der Waals surface area contributed by atoms with Crippen LogP contribution in [0.15, 0.2) is 29.3 Å². The molecular weight excluding hydrogens is 264 g/mol. The van der Waals surface area contributed by atoms with Gasteiger partial charge in [-0.3, -0.25) is 4.99 Å². The van der Waals surface area contributed by atoms with E-state index in [2.05, 4.69) is 44.8 Å². The van der Waals surface area contributed by atoms with Crippen LogP contribution >= 0.6 is 0 Å². The predicted octanol–water partition coefficient (Wildman–Crippen LogP) is 1.84. The van der Waals surface area contributed by atoms with Crippen molar-refractivity contribution in [2.45, 2.75) is 19.9 Å². The van der Waals surface area contributed by atoms with Crippen molar-refractivity contribution >= 4 is 11.6 Å². The van der Waals surface area contributed by atoms with Crippen LogP contribution in [0, 0.1) is 0 Å². The molecule has 5 heteroatoms. The van der Waals surface area contributed by atoms with E-state index >= 15 is 0 Å². The van der Waals surface area contributed by atoms with Crippen molar-refractivity contribution in [3.8, 4) is 0 Å². The first-order valence-corrected chi connectivity index (χ1v) is 7.46. The van der Waals surface area contributed by atoms with Crippen LogP contribution in [0.5, 0.6) is 0 Å². The Morgan fingerprint density at radius 1 is 1.29 bits per heavy atom. The zero-order chi connectivity index (χ0) is 15.5. The maximum Gasteiger partial charge on any atom is 0.191 e. The lowest BCUT2D eigenvalue weighted by Gasteiger charge is -2.15. The van der Waals surface area contributed by atoms with Crippen LogP contribution in [-0.2, 0) is 11.3 Å². The fourth-order valence-corrected chi connectivity index (χ4v) is 1.88. The fourth-order valence-electron chi connectivity index (χ4n) is 1.88. The second kappa shape index (κ2) is 10.0. The number of ether oxygens (including phenoxy) is 1. The Balaban J connectivity index is 2.36. The maximum atomic E-state index is 5.31. The number of anilines is 1. The van der Waals surface area contributed by atoms with Gasteiger partial charge in [0.1, 0.15) is 0 Å². The second-order valence-electron chi connectivity index (χ2n) is 4.97. The van der Waals surface area contributed by atoms with E-state index in [1.54, 1.807) is 7.05 Å². The van der Waals surface area contributed by atoms with E-state index in [-0.39, 0.29) is 0 Å². The van der Waals surface area contributed by atoms with Crippen LogP contribution in [0.3, 0.4) is 0 Å². The standard InChI is InChI=1S/C16H28N4O/c1-5-21-11-7-10-18-16(17-2)19-13-14-8-6-9-15(12-14)20(3)4/h6,8-9,12H,5,7,10-11,13H2,1-4H3,(H2,17,18,19). The lowest BCUT2D eigenvalue weighted by Crippen LogP contribution is -2.37. The molecule has 0 fully saturated rings. The first-order valence-electron chi connectivity index (χ1n) is 7.46. The molecule has 0 heterocycles. The molecule has 0 aliphatic heterocycles. The summed E-state index contributed by atoms with van der Waals surface area (Å²) in [6.07, 6.45) is 0.977. The monoisotopic (exact) mass is 292 g/mol. The van der Waals surface area contributed by atoms with Crippen LogP contribution in [0.2, 0.25) is 0 Å². The average Bonchev–Trinajstić information content (AvgIpc) is 2.50. The fraction of sp³-hybridized carbons (Fsp3) is 0.562. The summed E-state index contributed by atoms with van der Waals surface area (Å²) in [7, 11) is 5.88. The van der Waals surface area contributed by atoms with Gasteiger partial charge in [-0.25, -0.2) is 0 Å². The molecule has 21 heavy (non-hydrogen) atoms. The van der Waals surface area contributed by atoms with Crippen molar-refractivity contribution in [3.63, 3.8) is 0 Å². The molecule has 2 N–H and O–H groups in total. The van der Waals surface area contributed by atoms with Gasteiger partial charge in [0.2, 0.25) is 0 Å². The van der Waals surface area contributed by atoms with Crippen molar-refractivity contribution in [1.29, 1.82) is 0 Å². The van der Waals surface area contributed by atoms with Gasteiger partial charge in [-0.15, -0.1) is 0 Å². The Hall–Kier alpha value is -1.75. The first kappa shape index (κ1) is 17.3. The summed E-state index contributed by atoms with van der Waals surface area (Å²) in [5.41, 5.74) is 2.44. The van der Waals surface area contributed by atoms with Crippen LogP contribution in [-0.4, -0.2) is 46.9 Å². The highest BCUT2D eigenvalue weighted by molar-refractivity contribution is 5.79. The third kappa shape index (κ3) is 6.99. The quantitative estimate of drug-likeness (QED) is 0.436. The van der Waals surface area contributed by atoms with E-state index < -0.39 is 0 Å².